The van der Waals surface area contributed by atoms with Crippen LogP contribution in [-0.2, 0) is 0 Å². The predicted octanol–water partition coefficient (Wildman–Crippen LogP) is 1.65. The van der Waals surface area contributed by atoms with Crippen LogP contribution in [0, 0.1) is 12.8 Å². The van der Waals surface area contributed by atoms with Crippen LogP contribution in [0.4, 0.5) is 0 Å². The lowest BCUT2D eigenvalue weighted by Crippen LogP contribution is -1.84. The minimum Gasteiger partial charge on any atom is -0.0939 e. The van der Waals surface area contributed by atoms with E-state index in [1.807, 2.05) is 6.92 Å². The fourth-order valence-electron chi connectivity index (χ4n) is 0. The van der Waals surface area contributed by atoms with Gasteiger partial charge in [0.2, 0.25) is 0 Å². The lowest BCUT2D eigenvalue weighted by Gasteiger charge is -1.88. The van der Waals surface area contributed by atoms with Gasteiger partial charge in [-0.2, -0.15) is 0 Å². The summed E-state index contributed by atoms with van der Waals surface area (Å²) in [5, 5.41) is 0. The van der Waals surface area contributed by atoms with Gasteiger partial charge >= 0.3 is 0 Å². The molecule has 0 saturated carbocycles. The van der Waals surface area contributed by atoms with E-state index in [4.69, 9.17) is 0 Å². The van der Waals surface area contributed by atoms with Crippen molar-refractivity contribution in [2.24, 2.45) is 5.92 Å². The Morgan fingerprint density at radius 2 is 2.20 bits per heavy atom. The van der Waals surface area contributed by atoms with Gasteiger partial charge in [-0.25, -0.2) is 0 Å². The lowest BCUT2D eigenvalue weighted by molar-refractivity contribution is 0.846. The summed E-state index contributed by atoms with van der Waals surface area (Å²) in [5.74, 6) is 1.23. The molecule has 0 aliphatic carbocycles. The summed E-state index contributed by atoms with van der Waals surface area (Å²) in [6.07, 6.45) is 0. The minimum absolute atomic E-state index is 0.449. The molecule has 0 bridgehead atoms. The molecule has 1 unspecified atom stereocenters. The van der Waals surface area contributed by atoms with E-state index >= 15 is 0 Å². The van der Waals surface area contributed by atoms with Crippen LogP contribution in [0.2, 0.25) is 0 Å². The van der Waals surface area contributed by atoms with Crippen LogP contribution in [0.1, 0.15) is 6.92 Å². The summed E-state index contributed by atoms with van der Waals surface area (Å²) in [6.45, 7) is 5.66. The summed E-state index contributed by atoms with van der Waals surface area (Å²) in [5.41, 5.74) is 0. The summed E-state index contributed by atoms with van der Waals surface area (Å²) in [4.78, 5) is 0. The molecule has 0 nitrogen and oxygen atoms in total. The van der Waals surface area contributed by atoms with Crippen molar-refractivity contribution < 1.29 is 0 Å². The quantitative estimate of drug-likeness (QED) is 0.457. The van der Waals surface area contributed by atoms with Crippen LogP contribution in [-0.4, -0.2) is 5.75 Å². The van der Waals surface area contributed by atoms with E-state index in [-0.39, 0.29) is 0 Å². The van der Waals surface area contributed by atoms with Gasteiger partial charge in [0.15, 0.2) is 0 Å². The third-order valence-electron chi connectivity index (χ3n) is 0.285. The molecule has 0 aromatic rings. The van der Waals surface area contributed by atoms with Crippen molar-refractivity contribution in [3.8, 4) is 0 Å². The van der Waals surface area contributed by atoms with E-state index in [1.54, 1.807) is 0 Å². The maximum absolute atomic E-state index is 4.61. The molecular formula is C4H8S. The topological polar surface area (TPSA) is 0 Å². The van der Waals surface area contributed by atoms with Gasteiger partial charge in [-0.15, -0.1) is 0 Å². The third kappa shape index (κ3) is 4.35. The maximum atomic E-state index is 4.61. The van der Waals surface area contributed by atoms with Crippen molar-refractivity contribution >= 4 is 12.6 Å². The standard InChI is InChI=1S/C4H8S/c1-4(2)3-5/h4H,1,3H2,2H3. The van der Waals surface area contributed by atoms with Crippen LogP contribution in [0.5, 0.6) is 0 Å². The third-order valence-corrected chi connectivity index (χ3v) is 0.854. The smallest absolute Gasteiger partial charge is 0.00626 e. The second kappa shape index (κ2) is 2.58. The highest BCUT2D eigenvalue weighted by Crippen LogP contribution is 1.90. The lowest BCUT2D eigenvalue weighted by atomic mass is 10.3. The van der Waals surface area contributed by atoms with Crippen molar-refractivity contribution in [1.82, 2.24) is 0 Å². The summed E-state index contributed by atoms with van der Waals surface area (Å²) >= 11 is 4.61. The zero-order valence-corrected chi connectivity index (χ0v) is 4.22. The summed E-state index contributed by atoms with van der Waals surface area (Å²) < 4.78 is 0. The maximum Gasteiger partial charge on any atom is 0.00626 e. The van der Waals surface area contributed by atoms with E-state index in [0.29, 0.717) is 5.92 Å². The molecule has 2 radical (unpaired) electrons. The first-order valence-corrected chi connectivity index (χ1v) is 2.26. The van der Waals surface area contributed by atoms with Gasteiger partial charge in [-0.3, -0.25) is 0 Å². The van der Waals surface area contributed by atoms with Crippen molar-refractivity contribution in [3.63, 3.8) is 0 Å². The Hall–Kier alpha value is 0.350. The largest absolute Gasteiger partial charge is 0.0939 e. The summed E-state index contributed by atoms with van der Waals surface area (Å²) in [6, 6.07) is 0. The second-order valence-corrected chi connectivity index (χ2v) is 1.61. The zero-order chi connectivity index (χ0) is 4.28. The Balaban J connectivity index is 2.54. The molecule has 0 rings (SSSR count). The minimum atomic E-state index is 0.449. The highest BCUT2D eigenvalue weighted by atomic mass is 32.1. The zero-order valence-electron chi connectivity index (χ0n) is 3.40. The van der Waals surface area contributed by atoms with E-state index in [0.717, 1.165) is 5.75 Å². The molecular weight excluding hydrogens is 80.1 g/mol. The Morgan fingerprint density at radius 3 is 2.20 bits per heavy atom. The first-order chi connectivity index (χ1) is 2.27. The molecule has 5 heavy (non-hydrogen) atoms. The molecule has 0 aromatic heterocycles. The van der Waals surface area contributed by atoms with Gasteiger partial charge in [0.1, 0.15) is 0 Å². The van der Waals surface area contributed by atoms with Gasteiger partial charge in [-0.1, -0.05) is 19.6 Å². The summed E-state index contributed by atoms with van der Waals surface area (Å²) in [7, 11) is 0. The predicted molar refractivity (Wildman–Crippen MR) is 27.0 cm³/mol. The fraction of sp³-hybridized carbons (Fsp3) is 0.750. The monoisotopic (exact) mass is 88.0 g/mol. The number of hydrogen-bond acceptors (Lipinski definition) is 0. The van der Waals surface area contributed by atoms with E-state index < -0.39 is 0 Å². The first-order valence-electron chi connectivity index (χ1n) is 1.68. The van der Waals surface area contributed by atoms with Crippen LogP contribution < -0.4 is 0 Å². The van der Waals surface area contributed by atoms with Crippen LogP contribution >= 0.6 is 12.6 Å². The molecule has 30 valence electrons. The van der Waals surface area contributed by atoms with E-state index in [2.05, 4.69) is 19.6 Å². The molecule has 1 heteroatoms. The molecule has 0 amide bonds. The molecule has 0 aliphatic rings. The molecule has 0 fully saturated rings. The Labute approximate surface area is 39.0 Å². The van der Waals surface area contributed by atoms with Crippen LogP contribution in [0.3, 0.4) is 0 Å². The Morgan fingerprint density at radius 1 is 2.00 bits per heavy atom. The fourth-order valence-corrected chi connectivity index (χ4v) is 0. The normalized spacial score (nSPS) is 9.60. The Bertz CT molecular complexity index is 17.6. The van der Waals surface area contributed by atoms with Gasteiger partial charge in [-0.05, 0) is 12.8 Å². The van der Waals surface area contributed by atoms with Crippen molar-refractivity contribution in [2.75, 3.05) is 5.75 Å². The molecule has 0 saturated heterocycles. The van der Waals surface area contributed by atoms with Crippen molar-refractivity contribution in [3.05, 3.63) is 6.92 Å². The van der Waals surface area contributed by atoms with Gasteiger partial charge in [0, 0.05) is 5.75 Å². The van der Waals surface area contributed by atoms with Gasteiger partial charge < -0.3 is 0 Å². The molecule has 0 N–H and O–H groups in total. The van der Waals surface area contributed by atoms with Crippen LogP contribution in [0.25, 0.3) is 0 Å². The number of rotatable bonds is 1. The Kier molecular flexibility index (Phi) is 2.76. The van der Waals surface area contributed by atoms with Crippen molar-refractivity contribution in [1.29, 1.82) is 0 Å². The number of hydrogen-bond donors (Lipinski definition) is 0. The van der Waals surface area contributed by atoms with Crippen LogP contribution in [0.15, 0.2) is 0 Å². The molecule has 0 aliphatic heterocycles. The SMILES string of the molecule is [CH2]C(C)C[S]. The molecule has 0 aromatic carbocycles. The average molecular weight is 88.2 g/mol. The van der Waals surface area contributed by atoms with E-state index in [9.17, 15) is 0 Å². The highest BCUT2D eigenvalue weighted by molar-refractivity contribution is 7.80. The van der Waals surface area contributed by atoms with Gasteiger partial charge in [0.25, 0.3) is 0 Å². The van der Waals surface area contributed by atoms with E-state index in [1.165, 1.54) is 0 Å². The first kappa shape index (κ1) is 5.35. The second-order valence-electron chi connectivity index (χ2n) is 1.27. The van der Waals surface area contributed by atoms with Gasteiger partial charge in [0.05, 0.1) is 0 Å². The highest BCUT2D eigenvalue weighted by Gasteiger charge is 1.82. The molecule has 0 spiro atoms. The van der Waals surface area contributed by atoms with Crippen molar-refractivity contribution in [2.45, 2.75) is 6.92 Å². The molecule has 1 atom stereocenters. The average Bonchev–Trinajstić information content (AvgIpc) is 1.38. The molecule has 0 heterocycles.